The molecule has 0 aliphatic heterocycles. The van der Waals surface area contributed by atoms with Gasteiger partial charge in [-0.2, -0.15) is 13.2 Å². The number of hydrogen-bond donors (Lipinski definition) is 1. The molecule has 0 aliphatic carbocycles. The van der Waals surface area contributed by atoms with Crippen LogP contribution in [0.25, 0.3) is 0 Å². The Morgan fingerprint density at radius 1 is 1.21 bits per heavy atom. The second-order valence-corrected chi connectivity index (χ2v) is 3.82. The Kier molecular flexibility index (Phi) is 4.31. The van der Waals surface area contributed by atoms with Crippen LogP contribution in [-0.4, -0.2) is 35.7 Å². The Bertz CT molecular complexity index is 470. The van der Waals surface area contributed by atoms with E-state index in [1.54, 1.807) is 6.07 Å². The van der Waals surface area contributed by atoms with E-state index in [2.05, 4.69) is 4.74 Å². The number of carbonyl (C=O) groups is 2. The third-order valence-electron chi connectivity index (χ3n) is 2.50. The van der Waals surface area contributed by atoms with Crippen molar-refractivity contribution in [3.8, 4) is 0 Å². The van der Waals surface area contributed by atoms with E-state index in [0.717, 1.165) is 0 Å². The van der Waals surface area contributed by atoms with Crippen LogP contribution in [0.15, 0.2) is 30.3 Å². The number of halogens is 3. The maximum absolute atomic E-state index is 12.7. The highest BCUT2D eigenvalue weighted by Gasteiger charge is 2.61. The van der Waals surface area contributed by atoms with Gasteiger partial charge in [-0.25, -0.2) is 4.79 Å². The van der Waals surface area contributed by atoms with E-state index >= 15 is 0 Å². The fourth-order valence-corrected chi connectivity index (χ4v) is 1.42. The third kappa shape index (κ3) is 3.11. The molecule has 0 heterocycles. The van der Waals surface area contributed by atoms with Gasteiger partial charge in [0, 0.05) is 5.56 Å². The smallest absolute Gasteiger partial charge is 0.428 e. The van der Waals surface area contributed by atoms with Gasteiger partial charge in [-0.15, -0.1) is 0 Å². The van der Waals surface area contributed by atoms with Gasteiger partial charge in [-0.3, -0.25) is 4.79 Å². The lowest BCUT2D eigenvalue weighted by atomic mass is 9.93. The minimum absolute atomic E-state index is 0.0333. The summed E-state index contributed by atoms with van der Waals surface area (Å²) in [6, 6.07) is 7.07. The highest BCUT2D eigenvalue weighted by Crippen LogP contribution is 2.35. The molecular formula is C12H11F3O4. The molecule has 19 heavy (non-hydrogen) atoms. The average Bonchev–Trinajstić information content (AvgIpc) is 2.37. The number of ether oxygens (including phenoxy) is 1. The summed E-state index contributed by atoms with van der Waals surface area (Å²) in [5.41, 5.74) is -3.87. The summed E-state index contributed by atoms with van der Waals surface area (Å²) >= 11 is 0. The molecule has 0 fully saturated rings. The Morgan fingerprint density at radius 2 is 1.74 bits per heavy atom. The van der Waals surface area contributed by atoms with Crippen LogP contribution in [0.3, 0.4) is 0 Å². The lowest BCUT2D eigenvalue weighted by molar-refractivity contribution is -0.260. The predicted molar refractivity (Wildman–Crippen MR) is 58.4 cm³/mol. The van der Waals surface area contributed by atoms with E-state index in [-0.39, 0.29) is 5.56 Å². The van der Waals surface area contributed by atoms with Crippen LogP contribution in [0.1, 0.15) is 16.8 Å². The number of aliphatic hydroxyl groups is 1. The first-order valence-corrected chi connectivity index (χ1v) is 5.18. The highest BCUT2D eigenvalue weighted by molar-refractivity contribution is 6.00. The van der Waals surface area contributed by atoms with Crippen molar-refractivity contribution in [1.82, 2.24) is 0 Å². The maximum atomic E-state index is 12.7. The minimum atomic E-state index is -5.30. The molecule has 0 bridgehead atoms. The normalized spacial score (nSPS) is 14.6. The predicted octanol–water partition coefficient (Wildman–Crippen LogP) is 1.73. The average molecular weight is 276 g/mol. The van der Waals surface area contributed by atoms with Gasteiger partial charge in [0.05, 0.1) is 13.5 Å². The summed E-state index contributed by atoms with van der Waals surface area (Å²) in [5.74, 6) is -2.92. The summed E-state index contributed by atoms with van der Waals surface area (Å²) in [6.45, 7) is 0. The van der Waals surface area contributed by atoms with Gasteiger partial charge >= 0.3 is 12.1 Å². The summed E-state index contributed by atoms with van der Waals surface area (Å²) < 4.78 is 42.1. The number of esters is 1. The maximum Gasteiger partial charge on any atom is 0.428 e. The van der Waals surface area contributed by atoms with E-state index in [9.17, 15) is 27.9 Å². The van der Waals surface area contributed by atoms with E-state index in [1.807, 2.05) is 0 Å². The van der Waals surface area contributed by atoms with Crippen LogP contribution < -0.4 is 0 Å². The first-order chi connectivity index (χ1) is 8.72. The molecular weight excluding hydrogens is 265 g/mol. The van der Waals surface area contributed by atoms with Crippen LogP contribution in [0.5, 0.6) is 0 Å². The second-order valence-electron chi connectivity index (χ2n) is 3.82. The molecule has 0 unspecified atom stereocenters. The molecule has 0 aromatic heterocycles. The molecule has 0 spiro atoms. The molecule has 0 radical (unpaired) electrons. The first kappa shape index (κ1) is 15.2. The molecule has 104 valence electrons. The van der Waals surface area contributed by atoms with E-state index in [4.69, 9.17) is 0 Å². The van der Waals surface area contributed by atoms with Crippen LogP contribution in [-0.2, 0) is 9.53 Å². The number of hydrogen-bond acceptors (Lipinski definition) is 4. The lowest BCUT2D eigenvalue weighted by Gasteiger charge is -2.26. The fraction of sp³-hybridized carbons (Fsp3) is 0.333. The number of methoxy groups -OCH3 is 1. The highest BCUT2D eigenvalue weighted by atomic mass is 19.4. The molecule has 0 saturated heterocycles. The molecule has 1 aromatic carbocycles. The monoisotopic (exact) mass is 276 g/mol. The van der Waals surface area contributed by atoms with Crippen molar-refractivity contribution in [1.29, 1.82) is 0 Å². The molecule has 1 aromatic rings. The number of benzene rings is 1. The van der Waals surface area contributed by atoms with Crippen molar-refractivity contribution < 1.29 is 32.6 Å². The van der Waals surface area contributed by atoms with E-state index in [0.29, 0.717) is 7.11 Å². The minimum Gasteiger partial charge on any atom is -0.467 e. The van der Waals surface area contributed by atoms with Gasteiger partial charge in [0.25, 0.3) is 5.60 Å². The van der Waals surface area contributed by atoms with Crippen molar-refractivity contribution in [2.24, 2.45) is 0 Å². The van der Waals surface area contributed by atoms with Crippen molar-refractivity contribution in [3.05, 3.63) is 35.9 Å². The fourth-order valence-electron chi connectivity index (χ4n) is 1.42. The van der Waals surface area contributed by atoms with Crippen LogP contribution in [0, 0.1) is 0 Å². The number of rotatable bonds is 4. The number of carbonyl (C=O) groups excluding carboxylic acids is 2. The van der Waals surface area contributed by atoms with Crippen molar-refractivity contribution in [2.75, 3.05) is 7.11 Å². The van der Waals surface area contributed by atoms with Crippen molar-refractivity contribution in [2.45, 2.75) is 18.2 Å². The molecule has 0 amide bonds. The van der Waals surface area contributed by atoms with Gasteiger partial charge < -0.3 is 9.84 Å². The molecule has 0 saturated carbocycles. The molecule has 0 aliphatic rings. The van der Waals surface area contributed by atoms with Crippen molar-refractivity contribution >= 4 is 11.8 Å². The van der Waals surface area contributed by atoms with Gasteiger partial charge in [0.2, 0.25) is 0 Å². The summed E-state index contributed by atoms with van der Waals surface area (Å²) in [7, 11) is 0.700. The number of Topliss-reactive ketones (excluding diaryl/α,β-unsaturated/α-hetero) is 1. The largest absolute Gasteiger partial charge is 0.467 e. The van der Waals surface area contributed by atoms with Crippen LogP contribution >= 0.6 is 0 Å². The van der Waals surface area contributed by atoms with E-state index in [1.165, 1.54) is 24.3 Å². The molecule has 7 heteroatoms. The Labute approximate surface area is 106 Å². The zero-order chi connectivity index (χ0) is 14.7. The van der Waals surface area contributed by atoms with Gasteiger partial charge in [0.15, 0.2) is 5.78 Å². The third-order valence-corrected chi connectivity index (χ3v) is 2.50. The van der Waals surface area contributed by atoms with Gasteiger partial charge in [-0.05, 0) is 0 Å². The second kappa shape index (κ2) is 5.40. The SMILES string of the molecule is COC(=O)[C@@](O)(CC(=O)c1ccccc1)C(F)(F)F. The quantitative estimate of drug-likeness (QED) is 0.672. The van der Waals surface area contributed by atoms with Crippen molar-refractivity contribution in [3.63, 3.8) is 0 Å². The van der Waals surface area contributed by atoms with Gasteiger partial charge in [-0.1, -0.05) is 30.3 Å². The molecule has 1 N–H and O–H groups in total. The molecule has 1 rings (SSSR count). The Hall–Kier alpha value is -1.89. The van der Waals surface area contributed by atoms with Crippen LogP contribution in [0.4, 0.5) is 13.2 Å². The lowest BCUT2D eigenvalue weighted by Crippen LogP contribution is -2.54. The van der Waals surface area contributed by atoms with Crippen LogP contribution in [0.2, 0.25) is 0 Å². The zero-order valence-electron chi connectivity index (χ0n) is 9.90. The summed E-state index contributed by atoms with van der Waals surface area (Å²) in [4.78, 5) is 22.8. The first-order valence-electron chi connectivity index (χ1n) is 5.18. The standard InChI is InChI=1S/C12H11F3O4/c1-19-10(17)11(18,12(13,14)15)7-9(16)8-5-3-2-4-6-8/h2-6,18H,7H2,1H3/t11-/m0/s1. The molecule has 4 nitrogen and oxygen atoms in total. The summed E-state index contributed by atoms with van der Waals surface area (Å²) in [6.07, 6.45) is -6.72. The molecule has 1 atom stereocenters. The summed E-state index contributed by atoms with van der Waals surface area (Å²) in [5, 5.41) is 9.43. The topological polar surface area (TPSA) is 63.6 Å². The Morgan fingerprint density at radius 3 is 2.16 bits per heavy atom. The van der Waals surface area contributed by atoms with Gasteiger partial charge in [0.1, 0.15) is 0 Å². The number of alkyl halides is 3. The number of ketones is 1. The zero-order valence-corrected chi connectivity index (χ0v) is 9.90. The van der Waals surface area contributed by atoms with E-state index < -0.39 is 30.0 Å². The Balaban J connectivity index is 3.04.